The van der Waals surface area contributed by atoms with E-state index >= 15 is 0 Å². The van der Waals surface area contributed by atoms with Gasteiger partial charge in [-0.3, -0.25) is 9.89 Å². The van der Waals surface area contributed by atoms with Crippen molar-refractivity contribution in [2.24, 2.45) is 10.9 Å². The summed E-state index contributed by atoms with van der Waals surface area (Å²) in [4.78, 5) is 9.29. The third-order valence-corrected chi connectivity index (χ3v) is 5.86. The molecule has 30 heavy (non-hydrogen) atoms. The Bertz CT molecular complexity index is 763. The Morgan fingerprint density at radius 2 is 1.97 bits per heavy atom. The largest absolute Gasteiger partial charge is 0.373 e. The average molecular weight is 525 g/mol. The molecule has 0 radical (unpaired) electrons. The molecule has 2 atom stereocenters. The summed E-state index contributed by atoms with van der Waals surface area (Å²) in [6.45, 7) is 6.47. The van der Waals surface area contributed by atoms with Crippen molar-refractivity contribution >= 4 is 29.9 Å². The number of benzene rings is 1. The molecule has 1 aromatic carbocycles. The number of nitrogens with zero attached hydrogens (tertiary/aromatic N) is 4. The summed E-state index contributed by atoms with van der Waals surface area (Å²) in [5, 5.41) is 7.63. The van der Waals surface area contributed by atoms with Crippen molar-refractivity contribution in [2.45, 2.75) is 25.5 Å². The van der Waals surface area contributed by atoms with Crippen LogP contribution >= 0.6 is 24.0 Å². The van der Waals surface area contributed by atoms with E-state index in [0.717, 1.165) is 63.9 Å². The van der Waals surface area contributed by atoms with Gasteiger partial charge in [-0.05, 0) is 18.4 Å². The SMILES string of the molecule is CN=C(NCC1CCCOC1c1ccccc1)N1CCN(Cc2ccon2)CC1.I. The monoisotopic (exact) mass is 525 g/mol. The van der Waals surface area contributed by atoms with E-state index in [1.807, 2.05) is 13.1 Å². The third-order valence-electron chi connectivity index (χ3n) is 5.86. The molecule has 164 valence electrons. The molecule has 4 rings (SSSR count). The minimum Gasteiger partial charge on any atom is -0.373 e. The normalized spacial score (nSPS) is 23.1. The van der Waals surface area contributed by atoms with Gasteiger partial charge in [-0.1, -0.05) is 35.5 Å². The predicted molar refractivity (Wildman–Crippen MR) is 128 cm³/mol. The van der Waals surface area contributed by atoms with Crippen LogP contribution in [0.15, 0.2) is 52.2 Å². The molecule has 7 nitrogen and oxygen atoms in total. The average Bonchev–Trinajstić information content (AvgIpc) is 3.29. The van der Waals surface area contributed by atoms with E-state index in [-0.39, 0.29) is 30.1 Å². The van der Waals surface area contributed by atoms with Crippen molar-refractivity contribution < 1.29 is 9.26 Å². The zero-order valence-electron chi connectivity index (χ0n) is 17.6. The molecular formula is C22H32IN5O2. The van der Waals surface area contributed by atoms with Crippen molar-refractivity contribution in [3.8, 4) is 0 Å². The highest BCUT2D eigenvalue weighted by Gasteiger charge is 2.28. The van der Waals surface area contributed by atoms with Gasteiger partial charge in [-0.15, -0.1) is 24.0 Å². The van der Waals surface area contributed by atoms with Crippen molar-refractivity contribution in [2.75, 3.05) is 46.4 Å². The van der Waals surface area contributed by atoms with E-state index < -0.39 is 0 Å². The van der Waals surface area contributed by atoms with Crippen LogP contribution in [0.3, 0.4) is 0 Å². The summed E-state index contributed by atoms with van der Waals surface area (Å²) in [5.41, 5.74) is 2.26. The molecule has 0 bridgehead atoms. The number of hydrogen-bond acceptors (Lipinski definition) is 5. The molecule has 8 heteroatoms. The summed E-state index contributed by atoms with van der Waals surface area (Å²) >= 11 is 0. The van der Waals surface area contributed by atoms with Crippen LogP contribution in [0.4, 0.5) is 0 Å². The van der Waals surface area contributed by atoms with Crippen LogP contribution in [0.5, 0.6) is 0 Å². The summed E-state index contributed by atoms with van der Waals surface area (Å²) in [5.74, 6) is 1.44. The van der Waals surface area contributed by atoms with E-state index in [2.05, 4.69) is 55.6 Å². The second-order valence-electron chi connectivity index (χ2n) is 7.79. The fraction of sp³-hybridized carbons (Fsp3) is 0.545. The molecule has 2 aliphatic rings. The first kappa shape index (κ1) is 23.0. The van der Waals surface area contributed by atoms with Gasteiger partial charge < -0.3 is 19.5 Å². The van der Waals surface area contributed by atoms with E-state index in [4.69, 9.17) is 9.26 Å². The lowest BCUT2D eigenvalue weighted by Gasteiger charge is -2.37. The molecular weight excluding hydrogens is 493 g/mol. The maximum atomic E-state index is 6.14. The summed E-state index contributed by atoms with van der Waals surface area (Å²) < 4.78 is 11.1. The van der Waals surface area contributed by atoms with Crippen LogP contribution in [0, 0.1) is 5.92 Å². The number of aliphatic imine (C=N–C) groups is 1. The van der Waals surface area contributed by atoms with Crippen LogP contribution in [0.25, 0.3) is 0 Å². The summed E-state index contributed by atoms with van der Waals surface area (Å²) in [6, 6.07) is 12.5. The maximum absolute atomic E-state index is 6.14. The molecule has 1 aromatic heterocycles. The van der Waals surface area contributed by atoms with Gasteiger partial charge in [-0.2, -0.15) is 0 Å². The van der Waals surface area contributed by atoms with Crippen LogP contribution in [0.1, 0.15) is 30.2 Å². The van der Waals surface area contributed by atoms with Gasteiger partial charge in [-0.25, -0.2) is 0 Å². The van der Waals surface area contributed by atoms with E-state index in [1.165, 1.54) is 12.0 Å². The fourth-order valence-electron chi connectivity index (χ4n) is 4.28. The lowest BCUT2D eigenvalue weighted by Crippen LogP contribution is -2.53. The Kier molecular flexibility index (Phi) is 8.95. The number of halogens is 1. The number of ether oxygens (including phenoxy) is 1. The molecule has 0 saturated carbocycles. The highest BCUT2D eigenvalue weighted by atomic mass is 127. The number of piperazine rings is 1. The summed E-state index contributed by atoms with van der Waals surface area (Å²) in [6.07, 6.45) is 4.09. The fourth-order valence-corrected chi connectivity index (χ4v) is 4.28. The van der Waals surface area contributed by atoms with Gasteiger partial charge in [0.25, 0.3) is 0 Å². The highest BCUT2D eigenvalue weighted by Crippen LogP contribution is 2.33. The number of hydrogen-bond donors (Lipinski definition) is 1. The first-order chi connectivity index (χ1) is 14.3. The number of nitrogens with one attached hydrogen (secondary N) is 1. The van der Waals surface area contributed by atoms with Crippen LogP contribution in [-0.2, 0) is 11.3 Å². The van der Waals surface area contributed by atoms with Crippen LogP contribution in [-0.4, -0.2) is 67.3 Å². The standard InChI is InChI=1S/C22H31N5O2.HI/c1-23-22(27-12-10-26(11-13-27)17-20-9-15-29-25-20)24-16-19-8-5-14-28-21(19)18-6-3-2-4-7-18;/h2-4,6-7,9,15,19,21H,5,8,10-14,16-17H2,1H3,(H,23,24);1H. The predicted octanol–water partition coefficient (Wildman–Crippen LogP) is 3.15. The van der Waals surface area contributed by atoms with Crippen molar-refractivity contribution in [1.29, 1.82) is 0 Å². The topological polar surface area (TPSA) is 66.1 Å². The molecule has 3 heterocycles. The second-order valence-corrected chi connectivity index (χ2v) is 7.79. The molecule has 2 saturated heterocycles. The quantitative estimate of drug-likeness (QED) is 0.368. The second kappa shape index (κ2) is 11.7. The zero-order valence-corrected chi connectivity index (χ0v) is 19.9. The molecule has 2 unspecified atom stereocenters. The van der Waals surface area contributed by atoms with Gasteiger partial charge in [0.2, 0.25) is 0 Å². The van der Waals surface area contributed by atoms with Gasteiger partial charge in [0, 0.05) is 64.9 Å². The number of guanidine groups is 1. The van der Waals surface area contributed by atoms with Gasteiger partial charge in [0.15, 0.2) is 5.96 Å². The molecule has 2 aliphatic heterocycles. The smallest absolute Gasteiger partial charge is 0.193 e. The minimum atomic E-state index is 0. The lowest BCUT2D eigenvalue weighted by atomic mass is 9.89. The minimum absolute atomic E-state index is 0. The molecule has 1 N–H and O–H groups in total. The Balaban J connectivity index is 0.00000256. The molecule has 2 fully saturated rings. The lowest BCUT2D eigenvalue weighted by molar-refractivity contribution is -0.0267. The zero-order chi connectivity index (χ0) is 19.9. The van der Waals surface area contributed by atoms with Crippen molar-refractivity contribution in [3.63, 3.8) is 0 Å². The Morgan fingerprint density at radius 1 is 1.17 bits per heavy atom. The highest BCUT2D eigenvalue weighted by molar-refractivity contribution is 14.0. The number of aromatic nitrogens is 1. The van der Waals surface area contributed by atoms with Gasteiger partial charge in [0.1, 0.15) is 6.26 Å². The Hall–Kier alpha value is -1.65. The molecule has 2 aromatic rings. The Labute approximate surface area is 195 Å². The Morgan fingerprint density at radius 3 is 2.67 bits per heavy atom. The molecule has 0 spiro atoms. The third kappa shape index (κ3) is 5.95. The van der Waals surface area contributed by atoms with E-state index in [0.29, 0.717) is 5.92 Å². The molecule has 0 amide bonds. The van der Waals surface area contributed by atoms with Crippen molar-refractivity contribution in [1.82, 2.24) is 20.3 Å². The summed E-state index contributed by atoms with van der Waals surface area (Å²) in [7, 11) is 1.87. The van der Waals surface area contributed by atoms with E-state index in [9.17, 15) is 0 Å². The van der Waals surface area contributed by atoms with Crippen molar-refractivity contribution in [3.05, 3.63) is 53.9 Å². The van der Waals surface area contributed by atoms with Crippen LogP contribution < -0.4 is 5.32 Å². The maximum Gasteiger partial charge on any atom is 0.193 e. The van der Waals surface area contributed by atoms with Gasteiger partial charge in [0.05, 0.1) is 11.8 Å². The first-order valence-corrected chi connectivity index (χ1v) is 10.6. The van der Waals surface area contributed by atoms with Gasteiger partial charge >= 0.3 is 0 Å². The van der Waals surface area contributed by atoms with Crippen LogP contribution in [0.2, 0.25) is 0 Å². The number of rotatable bonds is 5. The molecule has 0 aliphatic carbocycles. The van der Waals surface area contributed by atoms with E-state index in [1.54, 1.807) is 6.26 Å². The first-order valence-electron chi connectivity index (χ1n) is 10.6.